The summed E-state index contributed by atoms with van der Waals surface area (Å²) < 4.78 is 52.2. The fourth-order valence-electron chi connectivity index (χ4n) is 5.86. The van der Waals surface area contributed by atoms with E-state index in [9.17, 15) is 20.4 Å². The minimum Gasteiger partial charge on any atom is -0.398 e. The molecule has 0 heterocycles. The van der Waals surface area contributed by atoms with E-state index in [1.807, 2.05) is 27.7 Å². The predicted octanol–water partition coefficient (Wildman–Crippen LogP) is 7.73. The van der Waals surface area contributed by atoms with E-state index in [0.29, 0.717) is 78.5 Å². The van der Waals surface area contributed by atoms with Crippen molar-refractivity contribution in [2.75, 3.05) is 52.9 Å². The highest BCUT2D eigenvalue weighted by Crippen LogP contribution is 2.33. The molecular formula is C39H90O12Si5. The van der Waals surface area contributed by atoms with Crippen molar-refractivity contribution in [2.45, 2.75) is 199 Å². The first-order valence-electron chi connectivity index (χ1n) is 22.1. The summed E-state index contributed by atoms with van der Waals surface area (Å²) in [5.41, 5.74) is 0. The van der Waals surface area contributed by atoms with E-state index in [2.05, 4.69) is 45.8 Å². The summed E-state index contributed by atoms with van der Waals surface area (Å²) in [6, 6.07) is 3.69. The van der Waals surface area contributed by atoms with Crippen LogP contribution in [0.3, 0.4) is 0 Å². The summed E-state index contributed by atoms with van der Waals surface area (Å²) in [6.07, 6.45) is 8.48. The van der Waals surface area contributed by atoms with Crippen LogP contribution < -0.4 is 0 Å². The second kappa shape index (κ2) is 32.3. The number of aliphatic hydroxyl groups is 4. The first-order valence-corrected chi connectivity index (χ1v) is 35.6. The minimum absolute atomic E-state index is 0.369. The van der Waals surface area contributed by atoms with E-state index >= 15 is 0 Å². The molecule has 0 aromatic carbocycles. The molecule has 0 amide bonds. The third kappa shape index (κ3) is 31.5. The average molecular weight is 892 g/mol. The van der Waals surface area contributed by atoms with Gasteiger partial charge < -0.3 is 55.8 Å². The van der Waals surface area contributed by atoms with Crippen LogP contribution in [0.5, 0.6) is 0 Å². The Kier molecular flexibility index (Phi) is 32.7. The Morgan fingerprint density at radius 3 is 0.964 bits per heavy atom. The Balaban J connectivity index is 6.13. The molecule has 5 unspecified atom stereocenters. The molecule has 12 nitrogen and oxygen atoms in total. The Morgan fingerprint density at radius 2 is 0.696 bits per heavy atom. The maximum atomic E-state index is 9.88. The van der Waals surface area contributed by atoms with Gasteiger partial charge in [0.25, 0.3) is 0 Å². The first kappa shape index (κ1) is 56.6. The van der Waals surface area contributed by atoms with Gasteiger partial charge in [0, 0.05) is 26.4 Å². The lowest BCUT2D eigenvalue weighted by molar-refractivity contribution is 0.0338. The van der Waals surface area contributed by atoms with E-state index in [-0.39, 0.29) is 0 Å². The van der Waals surface area contributed by atoms with E-state index in [1.165, 1.54) is 0 Å². The Morgan fingerprint density at radius 1 is 0.429 bits per heavy atom. The molecular weight excluding hydrogens is 801 g/mol. The number of ether oxygens (including phenoxy) is 4. The zero-order chi connectivity index (χ0) is 42.5. The van der Waals surface area contributed by atoms with Crippen molar-refractivity contribution in [1.82, 2.24) is 0 Å². The van der Waals surface area contributed by atoms with Crippen LogP contribution in [0, 0.1) is 0 Å². The second-order valence-electron chi connectivity index (χ2n) is 17.4. The molecule has 0 aliphatic carbocycles. The van der Waals surface area contributed by atoms with Gasteiger partial charge in [-0.25, -0.2) is 0 Å². The zero-order valence-corrected chi connectivity index (χ0v) is 43.1. The van der Waals surface area contributed by atoms with Gasteiger partial charge in [-0.1, -0.05) is 53.4 Å². The number of rotatable bonds is 40. The summed E-state index contributed by atoms with van der Waals surface area (Å²) in [4.78, 5) is 0. The molecule has 338 valence electrons. The van der Waals surface area contributed by atoms with E-state index in [1.54, 1.807) is 0 Å². The standard InChI is InChI=1S/C39H90O12Si5/c1-12-36(40)32-44-24-16-20-28-52(5)48-56(49-53(6,7)29-21-17-25-45-33-37(41)13-2,50-54(8,9)30-22-18-26-46-34-38(42)14-3)51-55(10,11)31-23-19-27-47-35-39(43)15-4/h36-43,52H,12-35H2,1-11H3. The Bertz CT molecular complexity index is 835. The van der Waals surface area contributed by atoms with Crippen LogP contribution in [0.25, 0.3) is 0 Å². The maximum absolute atomic E-state index is 9.88. The molecule has 17 heteroatoms. The minimum atomic E-state index is -3.66. The molecule has 0 aromatic heterocycles. The topological polar surface area (TPSA) is 155 Å². The van der Waals surface area contributed by atoms with Crippen LogP contribution in [0.1, 0.15) is 105 Å². The van der Waals surface area contributed by atoms with E-state index in [4.69, 9.17) is 35.4 Å². The van der Waals surface area contributed by atoms with E-state index in [0.717, 1.165) is 75.5 Å². The molecule has 0 bridgehead atoms. The number of aliphatic hydroxyl groups excluding tert-OH is 4. The van der Waals surface area contributed by atoms with Gasteiger partial charge in [-0.05, 0) is 121 Å². The lowest BCUT2D eigenvalue weighted by atomic mass is 10.3. The van der Waals surface area contributed by atoms with Crippen molar-refractivity contribution in [1.29, 1.82) is 0 Å². The predicted molar refractivity (Wildman–Crippen MR) is 240 cm³/mol. The van der Waals surface area contributed by atoms with Crippen molar-refractivity contribution in [2.24, 2.45) is 0 Å². The number of hydrogen-bond donors (Lipinski definition) is 4. The number of hydrogen-bond acceptors (Lipinski definition) is 12. The Labute approximate surface area is 349 Å². The Hall–Kier alpha value is 0.604. The highest BCUT2D eigenvalue weighted by Gasteiger charge is 2.56. The van der Waals surface area contributed by atoms with Crippen LogP contribution >= 0.6 is 0 Å². The third-order valence-electron chi connectivity index (χ3n) is 9.78. The summed E-state index contributed by atoms with van der Waals surface area (Å²) in [5.74, 6) is 0. The summed E-state index contributed by atoms with van der Waals surface area (Å²) in [7, 11) is -12.6. The largest absolute Gasteiger partial charge is 0.636 e. The van der Waals surface area contributed by atoms with Crippen molar-refractivity contribution in [3.8, 4) is 0 Å². The summed E-state index contributed by atoms with van der Waals surface area (Å²) in [6.45, 7) is 27.5. The molecule has 0 saturated carbocycles. The van der Waals surface area contributed by atoms with Crippen molar-refractivity contribution in [3.63, 3.8) is 0 Å². The molecule has 0 fully saturated rings. The van der Waals surface area contributed by atoms with Gasteiger partial charge >= 0.3 is 9.05 Å². The lowest BCUT2D eigenvalue weighted by Crippen LogP contribution is -2.65. The molecule has 0 radical (unpaired) electrons. The van der Waals surface area contributed by atoms with Crippen LogP contribution in [0.4, 0.5) is 0 Å². The highest BCUT2D eigenvalue weighted by molar-refractivity contribution is 6.90. The SMILES string of the molecule is CCC(O)COCCCC[SiH](C)O[Si](O[Si](C)(C)CCCCOCC(O)CC)(O[Si](C)(C)CCCCOCC(O)CC)O[Si](C)(C)CCCCOCC(O)CC. The summed E-state index contributed by atoms with van der Waals surface area (Å²) in [5, 5.41) is 39.5. The van der Waals surface area contributed by atoms with Gasteiger partial charge in [0.05, 0.1) is 50.8 Å². The van der Waals surface area contributed by atoms with Gasteiger partial charge in [-0.3, -0.25) is 0 Å². The van der Waals surface area contributed by atoms with Crippen LogP contribution in [-0.4, -0.2) is 141 Å². The van der Waals surface area contributed by atoms with Gasteiger partial charge in [-0.15, -0.1) is 0 Å². The van der Waals surface area contributed by atoms with Crippen molar-refractivity contribution < 1.29 is 55.8 Å². The van der Waals surface area contributed by atoms with Gasteiger partial charge in [0.15, 0.2) is 34.0 Å². The molecule has 0 saturated heterocycles. The first-order chi connectivity index (χ1) is 26.3. The fraction of sp³-hybridized carbons (Fsp3) is 1.00. The van der Waals surface area contributed by atoms with Crippen LogP contribution in [0.2, 0.25) is 70.0 Å². The monoisotopic (exact) mass is 891 g/mol. The smallest absolute Gasteiger partial charge is 0.398 e. The third-order valence-corrected chi connectivity index (χ3v) is 28.1. The normalized spacial score (nSPS) is 16.8. The van der Waals surface area contributed by atoms with Gasteiger partial charge in [0.1, 0.15) is 0 Å². The summed E-state index contributed by atoms with van der Waals surface area (Å²) >= 11 is 0. The fourth-order valence-corrected chi connectivity index (χ4v) is 25.3. The average Bonchev–Trinajstić information content (AvgIpc) is 3.12. The molecule has 4 N–H and O–H groups in total. The van der Waals surface area contributed by atoms with Crippen LogP contribution in [0.15, 0.2) is 0 Å². The highest BCUT2D eigenvalue weighted by atomic mass is 28.5. The molecule has 5 atom stereocenters. The molecule has 0 spiro atoms. The van der Waals surface area contributed by atoms with Gasteiger partial charge in [-0.2, -0.15) is 0 Å². The zero-order valence-electron chi connectivity index (χ0n) is 37.9. The quantitative estimate of drug-likeness (QED) is 0.0352. The molecule has 0 rings (SSSR count). The lowest BCUT2D eigenvalue weighted by Gasteiger charge is -2.44. The van der Waals surface area contributed by atoms with E-state index < -0.39 is 67.5 Å². The number of unbranched alkanes of at least 4 members (excludes halogenated alkanes) is 4. The van der Waals surface area contributed by atoms with Crippen molar-refractivity contribution >= 4 is 43.0 Å². The molecule has 0 aliphatic rings. The van der Waals surface area contributed by atoms with Gasteiger partial charge in [0.2, 0.25) is 0 Å². The molecule has 0 aliphatic heterocycles. The molecule has 0 aromatic rings. The van der Waals surface area contributed by atoms with Crippen molar-refractivity contribution in [3.05, 3.63) is 0 Å². The maximum Gasteiger partial charge on any atom is 0.636 e. The second-order valence-corrected chi connectivity index (χ2v) is 36.1. The van der Waals surface area contributed by atoms with Crippen LogP contribution in [-0.2, 0) is 35.4 Å². The molecule has 56 heavy (non-hydrogen) atoms.